The molecular weight excluding hydrogens is 236 g/mol. The molecule has 0 aliphatic rings. The third-order valence-corrected chi connectivity index (χ3v) is 3.62. The number of aryl methyl sites for hydroxylation is 2. The highest BCUT2D eigenvalue weighted by Crippen LogP contribution is 2.35. The summed E-state index contributed by atoms with van der Waals surface area (Å²) in [7, 11) is 3.32. The van der Waals surface area contributed by atoms with Gasteiger partial charge in [0.15, 0.2) is 11.5 Å². The fourth-order valence-electron chi connectivity index (χ4n) is 2.39. The first-order valence-electron chi connectivity index (χ1n) is 6.37. The van der Waals surface area contributed by atoms with E-state index in [0.717, 1.165) is 17.1 Å². The second-order valence-electron chi connectivity index (χ2n) is 4.77. The molecule has 0 radical (unpaired) electrons. The molecule has 0 bridgehead atoms. The van der Waals surface area contributed by atoms with Crippen LogP contribution < -0.4 is 9.47 Å². The molecule has 0 aromatic heterocycles. The monoisotopic (exact) mass is 256 g/mol. The van der Waals surface area contributed by atoms with E-state index >= 15 is 0 Å². The van der Waals surface area contributed by atoms with Gasteiger partial charge in [0.05, 0.1) is 14.2 Å². The van der Waals surface area contributed by atoms with Gasteiger partial charge in [0.1, 0.15) is 0 Å². The second-order valence-corrected chi connectivity index (χ2v) is 4.77. The molecule has 2 rings (SSSR count). The van der Waals surface area contributed by atoms with Crippen molar-refractivity contribution in [3.8, 4) is 22.6 Å². The Balaban J connectivity index is 2.63. The molecule has 2 heteroatoms. The predicted octanol–water partition coefficient (Wildman–Crippen LogP) is 4.30. The van der Waals surface area contributed by atoms with Gasteiger partial charge in [-0.1, -0.05) is 18.2 Å². The topological polar surface area (TPSA) is 18.5 Å². The van der Waals surface area contributed by atoms with Crippen molar-refractivity contribution in [1.82, 2.24) is 0 Å². The van der Waals surface area contributed by atoms with Crippen molar-refractivity contribution in [3.63, 3.8) is 0 Å². The van der Waals surface area contributed by atoms with Gasteiger partial charge in [-0.2, -0.15) is 0 Å². The molecule has 0 N–H and O–H groups in total. The van der Waals surface area contributed by atoms with E-state index in [4.69, 9.17) is 9.47 Å². The zero-order valence-electron chi connectivity index (χ0n) is 12.2. The Hall–Kier alpha value is -1.96. The molecule has 0 saturated heterocycles. The molecule has 0 atom stereocenters. The molecule has 0 heterocycles. The van der Waals surface area contributed by atoms with Gasteiger partial charge in [0.2, 0.25) is 0 Å². The number of hydrogen-bond acceptors (Lipinski definition) is 2. The third-order valence-electron chi connectivity index (χ3n) is 3.62. The summed E-state index contributed by atoms with van der Waals surface area (Å²) in [5.74, 6) is 1.52. The van der Waals surface area contributed by atoms with Crippen molar-refractivity contribution in [2.45, 2.75) is 20.8 Å². The second kappa shape index (κ2) is 5.35. The van der Waals surface area contributed by atoms with Crippen molar-refractivity contribution >= 4 is 0 Å². The lowest BCUT2D eigenvalue weighted by Gasteiger charge is -2.15. The molecule has 19 heavy (non-hydrogen) atoms. The van der Waals surface area contributed by atoms with Crippen LogP contribution in [0.25, 0.3) is 11.1 Å². The maximum absolute atomic E-state index is 5.38. The Morgan fingerprint density at radius 1 is 0.737 bits per heavy atom. The van der Waals surface area contributed by atoms with Crippen LogP contribution >= 0.6 is 0 Å². The van der Waals surface area contributed by atoms with Crippen LogP contribution in [0.5, 0.6) is 11.5 Å². The standard InChI is InChI=1S/C17H20O2/c1-11-6-7-12(2)17(13(11)3)14-8-9-15(18-4)16(10-14)19-5/h6-10H,1-5H3. The van der Waals surface area contributed by atoms with E-state index in [1.54, 1.807) is 14.2 Å². The van der Waals surface area contributed by atoms with E-state index in [2.05, 4.69) is 39.0 Å². The van der Waals surface area contributed by atoms with Crippen molar-refractivity contribution in [3.05, 3.63) is 47.0 Å². The van der Waals surface area contributed by atoms with Crippen LogP contribution in [-0.2, 0) is 0 Å². The van der Waals surface area contributed by atoms with Crippen LogP contribution in [0.2, 0.25) is 0 Å². The number of hydrogen-bond donors (Lipinski definition) is 0. The van der Waals surface area contributed by atoms with Gasteiger partial charge in [0.25, 0.3) is 0 Å². The summed E-state index contributed by atoms with van der Waals surface area (Å²) in [6, 6.07) is 10.4. The molecule has 0 aliphatic carbocycles. The lowest BCUT2D eigenvalue weighted by Crippen LogP contribution is -1.94. The largest absolute Gasteiger partial charge is 0.493 e. The Morgan fingerprint density at radius 3 is 2.00 bits per heavy atom. The Bertz CT molecular complexity index is 600. The number of rotatable bonds is 3. The maximum Gasteiger partial charge on any atom is 0.161 e. The average molecular weight is 256 g/mol. The van der Waals surface area contributed by atoms with E-state index in [0.29, 0.717) is 0 Å². The smallest absolute Gasteiger partial charge is 0.161 e. The predicted molar refractivity (Wildman–Crippen MR) is 79.2 cm³/mol. The first-order valence-corrected chi connectivity index (χ1v) is 6.37. The summed E-state index contributed by atoms with van der Waals surface area (Å²) < 4.78 is 10.7. The molecule has 2 nitrogen and oxygen atoms in total. The minimum Gasteiger partial charge on any atom is -0.493 e. The van der Waals surface area contributed by atoms with Crippen molar-refractivity contribution in [2.75, 3.05) is 14.2 Å². The zero-order chi connectivity index (χ0) is 14.0. The summed E-state index contributed by atoms with van der Waals surface area (Å²) in [4.78, 5) is 0. The van der Waals surface area contributed by atoms with Gasteiger partial charge >= 0.3 is 0 Å². The zero-order valence-corrected chi connectivity index (χ0v) is 12.2. The molecule has 0 fully saturated rings. The lowest BCUT2D eigenvalue weighted by atomic mass is 9.92. The van der Waals surface area contributed by atoms with Gasteiger partial charge < -0.3 is 9.47 Å². The Labute approximate surface area is 115 Å². The third kappa shape index (κ3) is 2.43. The van der Waals surface area contributed by atoms with Crippen molar-refractivity contribution < 1.29 is 9.47 Å². The van der Waals surface area contributed by atoms with Gasteiger partial charge in [-0.25, -0.2) is 0 Å². The summed E-state index contributed by atoms with van der Waals surface area (Å²) >= 11 is 0. The van der Waals surface area contributed by atoms with Crippen LogP contribution in [0, 0.1) is 20.8 Å². The van der Waals surface area contributed by atoms with Gasteiger partial charge in [-0.15, -0.1) is 0 Å². The molecule has 0 aliphatic heterocycles. The van der Waals surface area contributed by atoms with Gasteiger partial charge in [-0.05, 0) is 60.7 Å². The SMILES string of the molecule is COc1ccc(-c2c(C)ccc(C)c2C)cc1OC. The quantitative estimate of drug-likeness (QED) is 0.815. The van der Waals surface area contributed by atoms with E-state index in [1.165, 1.54) is 22.3 Å². The van der Waals surface area contributed by atoms with E-state index in [9.17, 15) is 0 Å². The molecule has 2 aromatic carbocycles. The molecule has 0 spiro atoms. The average Bonchev–Trinajstić information content (AvgIpc) is 2.43. The number of benzene rings is 2. The normalized spacial score (nSPS) is 10.4. The highest BCUT2D eigenvalue weighted by Gasteiger charge is 2.11. The molecule has 0 unspecified atom stereocenters. The van der Waals surface area contributed by atoms with Crippen LogP contribution in [0.4, 0.5) is 0 Å². The highest BCUT2D eigenvalue weighted by molar-refractivity contribution is 5.74. The molecular formula is C17H20O2. The minimum absolute atomic E-state index is 0.759. The van der Waals surface area contributed by atoms with Crippen LogP contribution in [0.15, 0.2) is 30.3 Å². The first-order chi connectivity index (χ1) is 9.08. The Kier molecular flexibility index (Phi) is 3.79. The Morgan fingerprint density at radius 2 is 1.37 bits per heavy atom. The minimum atomic E-state index is 0.759. The summed E-state index contributed by atoms with van der Waals surface area (Å²) in [5.41, 5.74) is 6.33. The summed E-state index contributed by atoms with van der Waals surface area (Å²) in [6.45, 7) is 6.44. The number of methoxy groups -OCH3 is 2. The number of ether oxygens (including phenoxy) is 2. The molecule has 100 valence electrons. The van der Waals surface area contributed by atoms with Crippen LogP contribution in [0.3, 0.4) is 0 Å². The molecule has 2 aromatic rings. The van der Waals surface area contributed by atoms with Crippen molar-refractivity contribution in [2.24, 2.45) is 0 Å². The maximum atomic E-state index is 5.38. The summed E-state index contributed by atoms with van der Waals surface area (Å²) in [6.07, 6.45) is 0. The molecule has 0 saturated carbocycles. The van der Waals surface area contributed by atoms with E-state index < -0.39 is 0 Å². The fraction of sp³-hybridized carbons (Fsp3) is 0.294. The summed E-state index contributed by atoms with van der Waals surface area (Å²) in [5, 5.41) is 0. The van der Waals surface area contributed by atoms with Crippen LogP contribution in [0.1, 0.15) is 16.7 Å². The van der Waals surface area contributed by atoms with Gasteiger partial charge in [-0.3, -0.25) is 0 Å². The first kappa shape index (κ1) is 13.5. The van der Waals surface area contributed by atoms with E-state index in [-0.39, 0.29) is 0 Å². The van der Waals surface area contributed by atoms with Crippen LogP contribution in [-0.4, -0.2) is 14.2 Å². The van der Waals surface area contributed by atoms with Crippen molar-refractivity contribution in [1.29, 1.82) is 0 Å². The van der Waals surface area contributed by atoms with Gasteiger partial charge in [0, 0.05) is 0 Å². The van der Waals surface area contributed by atoms with E-state index in [1.807, 2.05) is 12.1 Å². The lowest BCUT2D eigenvalue weighted by molar-refractivity contribution is 0.355. The molecule has 0 amide bonds. The fourth-order valence-corrected chi connectivity index (χ4v) is 2.39. The highest BCUT2D eigenvalue weighted by atomic mass is 16.5.